The summed E-state index contributed by atoms with van der Waals surface area (Å²) in [5.41, 5.74) is 3.17. The molecule has 2 heterocycles. The van der Waals surface area contributed by atoms with Crippen molar-refractivity contribution in [3.05, 3.63) is 111 Å². The number of nitrogens with zero attached hydrogens (tertiary/aromatic N) is 1. The van der Waals surface area contributed by atoms with E-state index in [4.69, 9.17) is 0 Å². The van der Waals surface area contributed by atoms with Gasteiger partial charge in [0.25, 0.3) is 0 Å². The van der Waals surface area contributed by atoms with Gasteiger partial charge in [0.1, 0.15) is 12.1 Å². The largest absolute Gasteiger partial charge is 0.308 e. The van der Waals surface area contributed by atoms with Gasteiger partial charge in [0.15, 0.2) is 10.9 Å². The Balaban J connectivity index is 1.93. The van der Waals surface area contributed by atoms with Crippen LogP contribution < -0.4 is 10.9 Å². The molecule has 4 nitrogen and oxygen atoms in total. The van der Waals surface area contributed by atoms with Crippen LogP contribution in [0, 0.1) is 5.82 Å². The van der Waals surface area contributed by atoms with Crippen molar-refractivity contribution in [3.63, 3.8) is 0 Å². The SMILES string of the molecule is O=Cc1ccc2c(c1)c(=O)c1cc(-c3ccc(F)cc3)cc3c(=O)c4ccccc4n2c31. The third-order valence-electron chi connectivity index (χ3n) is 6.03. The molecule has 0 aliphatic rings. The first-order valence-corrected chi connectivity index (χ1v) is 10.1. The highest BCUT2D eigenvalue weighted by Crippen LogP contribution is 2.31. The van der Waals surface area contributed by atoms with Crippen LogP contribution in [0.25, 0.3) is 49.2 Å². The number of hydrogen-bond donors (Lipinski definition) is 0. The summed E-state index contributed by atoms with van der Waals surface area (Å²) in [5.74, 6) is -0.365. The van der Waals surface area contributed by atoms with Crippen LogP contribution in [-0.2, 0) is 0 Å². The Labute approximate surface area is 180 Å². The number of hydrogen-bond acceptors (Lipinski definition) is 3. The topological polar surface area (TPSA) is 55.6 Å². The molecule has 6 rings (SSSR count). The van der Waals surface area contributed by atoms with E-state index in [0.29, 0.717) is 61.1 Å². The molecule has 0 spiro atoms. The average Bonchev–Trinajstić information content (AvgIpc) is 2.83. The summed E-state index contributed by atoms with van der Waals surface area (Å²) in [5, 5.41) is 1.72. The lowest BCUT2D eigenvalue weighted by molar-refractivity contribution is 0.112. The van der Waals surface area contributed by atoms with Crippen molar-refractivity contribution in [2.24, 2.45) is 0 Å². The van der Waals surface area contributed by atoms with E-state index in [1.54, 1.807) is 54.6 Å². The molecule has 0 radical (unpaired) electrons. The normalized spacial score (nSPS) is 11.7. The molecule has 0 N–H and O–H groups in total. The summed E-state index contributed by atoms with van der Waals surface area (Å²) in [6.07, 6.45) is 0.705. The van der Waals surface area contributed by atoms with Crippen molar-refractivity contribution in [3.8, 4) is 11.1 Å². The van der Waals surface area contributed by atoms with Crippen molar-refractivity contribution in [2.45, 2.75) is 0 Å². The number of carbonyl (C=O) groups excluding carboxylic acids is 1. The Morgan fingerprint density at radius 1 is 0.656 bits per heavy atom. The van der Waals surface area contributed by atoms with Crippen LogP contribution in [0.15, 0.2) is 88.5 Å². The second-order valence-electron chi connectivity index (χ2n) is 7.83. The molecule has 4 aromatic carbocycles. The monoisotopic (exact) mass is 419 g/mol. The maximum absolute atomic E-state index is 13.6. The minimum Gasteiger partial charge on any atom is -0.308 e. The molecule has 0 saturated carbocycles. The van der Waals surface area contributed by atoms with E-state index >= 15 is 0 Å². The number of benzene rings is 4. The molecule has 2 aromatic heterocycles. The second-order valence-corrected chi connectivity index (χ2v) is 7.83. The molecule has 0 aliphatic carbocycles. The van der Waals surface area contributed by atoms with E-state index in [1.807, 2.05) is 16.5 Å². The summed E-state index contributed by atoms with van der Waals surface area (Å²) in [7, 11) is 0. The maximum Gasteiger partial charge on any atom is 0.197 e. The number of carbonyl (C=O) groups is 1. The summed E-state index contributed by atoms with van der Waals surface area (Å²) in [4.78, 5) is 38.4. The van der Waals surface area contributed by atoms with Crippen molar-refractivity contribution in [1.82, 2.24) is 4.40 Å². The third-order valence-corrected chi connectivity index (χ3v) is 6.03. The van der Waals surface area contributed by atoms with Gasteiger partial charge in [-0.05, 0) is 65.7 Å². The van der Waals surface area contributed by atoms with E-state index in [9.17, 15) is 18.8 Å². The van der Waals surface area contributed by atoms with E-state index in [2.05, 4.69) is 0 Å². The van der Waals surface area contributed by atoms with Crippen LogP contribution in [-0.4, -0.2) is 10.7 Å². The zero-order chi connectivity index (χ0) is 22.0. The van der Waals surface area contributed by atoms with Crippen LogP contribution >= 0.6 is 0 Å². The smallest absolute Gasteiger partial charge is 0.197 e. The van der Waals surface area contributed by atoms with E-state index in [-0.39, 0.29) is 16.7 Å². The molecule has 0 fully saturated rings. The van der Waals surface area contributed by atoms with Crippen LogP contribution in [0.1, 0.15) is 10.4 Å². The first kappa shape index (κ1) is 18.4. The predicted octanol–water partition coefficient (Wildman–Crippen LogP) is 5.18. The number of rotatable bonds is 2. The van der Waals surface area contributed by atoms with Crippen molar-refractivity contribution >= 4 is 44.4 Å². The Morgan fingerprint density at radius 3 is 2.03 bits per heavy atom. The van der Waals surface area contributed by atoms with Crippen LogP contribution in [0.3, 0.4) is 0 Å². The molecule has 6 aromatic rings. The second kappa shape index (κ2) is 6.56. The van der Waals surface area contributed by atoms with Gasteiger partial charge in [-0.1, -0.05) is 24.3 Å². The quantitative estimate of drug-likeness (QED) is 0.221. The lowest BCUT2D eigenvalue weighted by Crippen LogP contribution is -2.14. The number of fused-ring (bicyclic) bond motifs is 4. The fourth-order valence-corrected chi connectivity index (χ4v) is 4.56. The van der Waals surface area contributed by atoms with Gasteiger partial charge in [0, 0.05) is 27.1 Å². The number of halogens is 1. The molecular formula is C27H14FNO3. The zero-order valence-corrected chi connectivity index (χ0v) is 16.6. The Kier molecular flexibility index (Phi) is 3.77. The zero-order valence-electron chi connectivity index (χ0n) is 16.6. The Morgan fingerprint density at radius 2 is 1.31 bits per heavy atom. The van der Waals surface area contributed by atoms with Crippen LogP contribution in [0.2, 0.25) is 0 Å². The lowest BCUT2D eigenvalue weighted by atomic mass is 9.97. The number of pyridine rings is 2. The number of para-hydroxylation sites is 1. The molecule has 0 unspecified atom stereocenters. The molecule has 0 amide bonds. The van der Waals surface area contributed by atoms with Crippen LogP contribution in [0.5, 0.6) is 0 Å². The average molecular weight is 419 g/mol. The van der Waals surface area contributed by atoms with Gasteiger partial charge in [0.2, 0.25) is 0 Å². The molecule has 0 atom stereocenters. The molecule has 152 valence electrons. The molecule has 0 bridgehead atoms. The van der Waals surface area contributed by atoms with Crippen molar-refractivity contribution < 1.29 is 9.18 Å². The third kappa shape index (κ3) is 2.45. The number of aldehydes is 1. The fraction of sp³-hybridized carbons (Fsp3) is 0. The van der Waals surface area contributed by atoms with Gasteiger partial charge in [0.05, 0.1) is 16.6 Å². The summed E-state index contributed by atoms with van der Waals surface area (Å²) >= 11 is 0. The predicted molar refractivity (Wildman–Crippen MR) is 124 cm³/mol. The van der Waals surface area contributed by atoms with Gasteiger partial charge in [-0.15, -0.1) is 0 Å². The summed E-state index contributed by atoms with van der Waals surface area (Å²) in [6, 6.07) is 21.7. The van der Waals surface area contributed by atoms with Gasteiger partial charge in [-0.3, -0.25) is 14.4 Å². The van der Waals surface area contributed by atoms with Gasteiger partial charge < -0.3 is 4.40 Å². The molecular weight excluding hydrogens is 405 g/mol. The van der Waals surface area contributed by atoms with Crippen molar-refractivity contribution in [2.75, 3.05) is 0 Å². The highest BCUT2D eigenvalue weighted by Gasteiger charge is 2.18. The molecule has 0 aliphatic heterocycles. The van der Waals surface area contributed by atoms with Gasteiger partial charge >= 0.3 is 0 Å². The fourth-order valence-electron chi connectivity index (χ4n) is 4.56. The first-order chi connectivity index (χ1) is 15.6. The van der Waals surface area contributed by atoms with Crippen molar-refractivity contribution in [1.29, 1.82) is 0 Å². The van der Waals surface area contributed by atoms with Gasteiger partial charge in [-0.2, -0.15) is 0 Å². The Bertz CT molecular complexity index is 1840. The minimum atomic E-state index is -0.365. The van der Waals surface area contributed by atoms with Crippen LogP contribution in [0.4, 0.5) is 4.39 Å². The molecule has 5 heteroatoms. The number of aromatic nitrogens is 1. The maximum atomic E-state index is 13.6. The van der Waals surface area contributed by atoms with E-state index < -0.39 is 0 Å². The summed E-state index contributed by atoms with van der Waals surface area (Å²) in [6.45, 7) is 0. The standard InChI is InChI=1S/C27H14FNO3/c28-18-8-6-16(7-9-18)17-12-21-25-22(13-17)27(32)20-11-15(14-30)5-10-24(20)29(25)23-4-2-1-3-19(23)26(21)31/h1-14H. The summed E-state index contributed by atoms with van der Waals surface area (Å²) < 4.78 is 15.4. The first-order valence-electron chi connectivity index (χ1n) is 10.1. The molecule has 32 heavy (non-hydrogen) atoms. The minimum absolute atomic E-state index is 0.169. The molecule has 0 saturated heterocycles. The van der Waals surface area contributed by atoms with E-state index in [1.165, 1.54) is 12.1 Å². The Hall–Kier alpha value is -4.38. The highest BCUT2D eigenvalue weighted by atomic mass is 19.1. The lowest BCUT2D eigenvalue weighted by Gasteiger charge is -2.16. The van der Waals surface area contributed by atoms with Gasteiger partial charge in [-0.25, -0.2) is 4.39 Å². The van der Waals surface area contributed by atoms with E-state index in [0.717, 1.165) is 0 Å². The highest BCUT2D eigenvalue weighted by molar-refractivity contribution is 6.09.